The number of hydrogen-bond acceptors (Lipinski definition) is 2. The maximum Gasteiger partial charge on any atom is 0.0223 e. The second-order valence-electron chi connectivity index (χ2n) is 8.25. The summed E-state index contributed by atoms with van der Waals surface area (Å²) >= 11 is 0. The van der Waals surface area contributed by atoms with Crippen molar-refractivity contribution in [1.29, 1.82) is 0 Å². The van der Waals surface area contributed by atoms with E-state index >= 15 is 0 Å². The van der Waals surface area contributed by atoms with Crippen molar-refractivity contribution in [3.05, 3.63) is 0 Å². The van der Waals surface area contributed by atoms with E-state index in [9.17, 15) is 0 Å². The molecular formula is C24H52N2. The molecular weight excluding hydrogens is 316 g/mol. The Labute approximate surface area is 167 Å². The van der Waals surface area contributed by atoms with Crippen LogP contribution in [0.5, 0.6) is 0 Å². The minimum atomic E-state index is 0.777. The van der Waals surface area contributed by atoms with Gasteiger partial charge in [0.2, 0.25) is 0 Å². The molecule has 0 aliphatic rings. The Morgan fingerprint density at radius 2 is 0.962 bits per heavy atom. The van der Waals surface area contributed by atoms with Crippen molar-refractivity contribution in [2.45, 2.75) is 124 Å². The molecule has 0 rings (SSSR count). The fraction of sp³-hybridized carbons (Fsp3) is 1.00. The molecule has 0 aliphatic carbocycles. The Kier molecular flexibility index (Phi) is 19.6. The molecule has 0 fully saturated rings. The molecule has 0 spiro atoms. The molecule has 158 valence electrons. The summed E-state index contributed by atoms with van der Waals surface area (Å²) in [7, 11) is 0. The zero-order valence-electron chi connectivity index (χ0n) is 19.2. The van der Waals surface area contributed by atoms with Crippen molar-refractivity contribution >= 4 is 0 Å². The monoisotopic (exact) mass is 368 g/mol. The molecule has 0 aromatic carbocycles. The molecule has 0 aromatic rings. The SMILES string of the molecule is CCCCCC[C@H](CN(CCCC)CCCC)N(CCCC)CCCC. The van der Waals surface area contributed by atoms with Crippen molar-refractivity contribution in [2.75, 3.05) is 32.7 Å². The standard InChI is InChI=1S/C24H52N2/c1-6-11-16-17-18-24(26(21-14-9-4)22-15-10-5)23-25(19-12-7-2)20-13-8-3/h24H,6-23H2,1-5H3/t24-/m1/s1. The Morgan fingerprint density at radius 1 is 0.500 bits per heavy atom. The van der Waals surface area contributed by atoms with Gasteiger partial charge in [-0.2, -0.15) is 0 Å². The van der Waals surface area contributed by atoms with Gasteiger partial charge >= 0.3 is 0 Å². The summed E-state index contributed by atoms with van der Waals surface area (Å²) in [5, 5.41) is 0. The first-order valence-electron chi connectivity index (χ1n) is 12.2. The van der Waals surface area contributed by atoms with E-state index in [1.807, 2.05) is 0 Å². The van der Waals surface area contributed by atoms with E-state index in [1.54, 1.807) is 0 Å². The highest BCUT2D eigenvalue weighted by atomic mass is 15.2. The van der Waals surface area contributed by atoms with Crippen LogP contribution in [0.4, 0.5) is 0 Å². The van der Waals surface area contributed by atoms with E-state index in [-0.39, 0.29) is 0 Å². The van der Waals surface area contributed by atoms with Crippen molar-refractivity contribution in [3.8, 4) is 0 Å². The molecule has 0 aromatic heterocycles. The van der Waals surface area contributed by atoms with Gasteiger partial charge in [0, 0.05) is 12.6 Å². The highest BCUT2D eigenvalue weighted by molar-refractivity contribution is 4.77. The minimum absolute atomic E-state index is 0.777. The predicted octanol–water partition coefficient (Wildman–Crippen LogP) is 7.13. The Hall–Kier alpha value is -0.0800. The molecule has 2 nitrogen and oxygen atoms in total. The van der Waals surface area contributed by atoms with E-state index in [4.69, 9.17) is 0 Å². The molecule has 26 heavy (non-hydrogen) atoms. The van der Waals surface area contributed by atoms with Gasteiger partial charge in [-0.1, -0.05) is 86.0 Å². The highest BCUT2D eigenvalue weighted by Crippen LogP contribution is 2.16. The van der Waals surface area contributed by atoms with Crippen LogP contribution in [0, 0.1) is 0 Å². The molecule has 0 N–H and O–H groups in total. The van der Waals surface area contributed by atoms with Crippen LogP contribution in [-0.4, -0.2) is 48.6 Å². The lowest BCUT2D eigenvalue weighted by atomic mass is 10.0. The summed E-state index contributed by atoms with van der Waals surface area (Å²) in [4.78, 5) is 5.66. The van der Waals surface area contributed by atoms with Gasteiger partial charge in [-0.05, 0) is 58.3 Å². The average molecular weight is 369 g/mol. The molecule has 0 bridgehead atoms. The van der Waals surface area contributed by atoms with Crippen molar-refractivity contribution in [1.82, 2.24) is 9.80 Å². The molecule has 0 radical (unpaired) electrons. The Morgan fingerprint density at radius 3 is 1.42 bits per heavy atom. The van der Waals surface area contributed by atoms with Crippen LogP contribution in [0.15, 0.2) is 0 Å². The summed E-state index contributed by atoms with van der Waals surface area (Å²) in [6, 6.07) is 0.777. The summed E-state index contributed by atoms with van der Waals surface area (Å²) in [6.07, 6.45) is 17.7. The second-order valence-corrected chi connectivity index (χ2v) is 8.25. The first-order valence-corrected chi connectivity index (χ1v) is 12.2. The minimum Gasteiger partial charge on any atom is -0.302 e. The molecule has 0 amide bonds. The van der Waals surface area contributed by atoms with E-state index in [0.717, 1.165) is 6.04 Å². The van der Waals surface area contributed by atoms with Crippen LogP contribution in [0.25, 0.3) is 0 Å². The number of rotatable bonds is 20. The summed E-state index contributed by atoms with van der Waals surface area (Å²) in [6.45, 7) is 18.2. The lowest BCUT2D eigenvalue weighted by molar-refractivity contribution is 0.123. The van der Waals surface area contributed by atoms with E-state index < -0.39 is 0 Å². The Balaban J connectivity index is 4.89. The van der Waals surface area contributed by atoms with Crippen LogP contribution < -0.4 is 0 Å². The first-order chi connectivity index (χ1) is 12.7. The highest BCUT2D eigenvalue weighted by Gasteiger charge is 2.20. The summed E-state index contributed by atoms with van der Waals surface area (Å²) in [5.74, 6) is 0. The fourth-order valence-electron chi connectivity index (χ4n) is 3.75. The van der Waals surface area contributed by atoms with Crippen LogP contribution >= 0.6 is 0 Å². The van der Waals surface area contributed by atoms with Crippen LogP contribution in [0.3, 0.4) is 0 Å². The van der Waals surface area contributed by atoms with Gasteiger partial charge in [0.15, 0.2) is 0 Å². The predicted molar refractivity (Wildman–Crippen MR) is 120 cm³/mol. The zero-order valence-corrected chi connectivity index (χ0v) is 19.2. The Bertz CT molecular complexity index is 251. The summed E-state index contributed by atoms with van der Waals surface area (Å²) in [5.41, 5.74) is 0. The van der Waals surface area contributed by atoms with Crippen LogP contribution in [0.2, 0.25) is 0 Å². The molecule has 2 heteroatoms. The average Bonchev–Trinajstić information content (AvgIpc) is 2.66. The van der Waals surface area contributed by atoms with Gasteiger partial charge in [0.25, 0.3) is 0 Å². The fourth-order valence-corrected chi connectivity index (χ4v) is 3.75. The van der Waals surface area contributed by atoms with Crippen molar-refractivity contribution < 1.29 is 0 Å². The van der Waals surface area contributed by atoms with Gasteiger partial charge < -0.3 is 4.90 Å². The molecule has 0 saturated carbocycles. The molecule has 1 atom stereocenters. The number of hydrogen-bond donors (Lipinski definition) is 0. The number of nitrogens with zero attached hydrogens (tertiary/aromatic N) is 2. The maximum absolute atomic E-state index is 2.86. The van der Waals surface area contributed by atoms with Gasteiger partial charge in [-0.15, -0.1) is 0 Å². The largest absolute Gasteiger partial charge is 0.302 e. The molecule has 0 aliphatic heterocycles. The molecule has 0 unspecified atom stereocenters. The maximum atomic E-state index is 2.86. The smallest absolute Gasteiger partial charge is 0.0223 e. The van der Waals surface area contributed by atoms with Crippen LogP contribution in [0.1, 0.15) is 118 Å². The van der Waals surface area contributed by atoms with E-state index in [2.05, 4.69) is 44.4 Å². The van der Waals surface area contributed by atoms with Crippen molar-refractivity contribution in [3.63, 3.8) is 0 Å². The second kappa shape index (κ2) is 19.7. The third-order valence-electron chi connectivity index (χ3n) is 5.63. The summed E-state index contributed by atoms with van der Waals surface area (Å²) < 4.78 is 0. The first kappa shape index (κ1) is 25.9. The number of unbranched alkanes of at least 4 members (excludes halogenated alkanes) is 7. The lowest BCUT2D eigenvalue weighted by Gasteiger charge is -2.36. The van der Waals surface area contributed by atoms with E-state index in [1.165, 1.54) is 116 Å². The van der Waals surface area contributed by atoms with E-state index in [0.29, 0.717) is 0 Å². The quantitative estimate of drug-likeness (QED) is 0.211. The van der Waals surface area contributed by atoms with Crippen LogP contribution in [-0.2, 0) is 0 Å². The molecule has 0 heterocycles. The van der Waals surface area contributed by atoms with Gasteiger partial charge in [-0.25, -0.2) is 0 Å². The van der Waals surface area contributed by atoms with Gasteiger partial charge in [-0.3, -0.25) is 4.90 Å². The topological polar surface area (TPSA) is 6.48 Å². The third kappa shape index (κ3) is 14.0. The molecule has 0 saturated heterocycles. The van der Waals surface area contributed by atoms with Crippen molar-refractivity contribution in [2.24, 2.45) is 0 Å². The third-order valence-corrected chi connectivity index (χ3v) is 5.63. The zero-order chi connectivity index (χ0) is 19.5. The van der Waals surface area contributed by atoms with Gasteiger partial charge in [0.05, 0.1) is 0 Å². The lowest BCUT2D eigenvalue weighted by Crippen LogP contribution is -2.45. The van der Waals surface area contributed by atoms with Gasteiger partial charge in [0.1, 0.15) is 0 Å². The normalized spacial score (nSPS) is 13.0.